The van der Waals surface area contributed by atoms with E-state index in [0.29, 0.717) is 0 Å². The van der Waals surface area contributed by atoms with Crippen molar-refractivity contribution in [3.05, 3.63) is 29.6 Å². The molecule has 0 bridgehead atoms. The monoisotopic (exact) mass is 176 g/mol. The smallest absolute Gasteiger partial charge is 0.0315 e. The minimum absolute atomic E-state index is 1.08. The number of nitrogens with zero attached hydrogens (tertiary/aromatic N) is 2. The maximum Gasteiger partial charge on any atom is 0.0315 e. The van der Waals surface area contributed by atoms with Gasteiger partial charge >= 0.3 is 0 Å². The van der Waals surface area contributed by atoms with Crippen LogP contribution in [0.15, 0.2) is 18.5 Å². The van der Waals surface area contributed by atoms with Crippen molar-refractivity contribution in [2.24, 2.45) is 0 Å². The highest BCUT2D eigenvalue weighted by Crippen LogP contribution is 2.14. The highest BCUT2D eigenvalue weighted by atomic mass is 15.1. The molecule has 0 atom stereocenters. The van der Waals surface area contributed by atoms with Gasteiger partial charge < -0.3 is 0 Å². The van der Waals surface area contributed by atoms with Gasteiger partial charge in [0, 0.05) is 18.9 Å². The molecule has 1 fully saturated rings. The van der Waals surface area contributed by atoms with Crippen molar-refractivity contribution in [3.8, 4) is 0 Å². The third-order valence-corrected chi connectivity index (χ3v) is 2.74. The second-order valence-corrected chi connectivity index (χ2v) is 3.79. The molecule has 0 saturated carbocycles. The summed E-state index contributed by atoms with van der Waals surface area (Å²) in [5, 5.41) is 0. The number of aromatic nitrogens is 1. The van der Waals surface area contributed by atoms with E-state index in [4.69, 9.17) is 0 Å². The normalized spacial score (nSPS) is 17.9. The van der Waals surface area contributed by atoms with Crippen LogP contribution in [0.3, 0.4) is 0 Å². The number of rotatable bonds is 2. The van der Waals surface area contributed by atoms with Crippen LogP contribution < -0.4 is 0 Å². The van der Waals surface area contributed by atoms with Crippen molar-refractivity contribution in [2.45, 2.75) is 26.3 Å². The van der Waals surface area contributed by atoms with E-state index in [0.717, 1.165) is 6.54 Å². The highest BCUT2D eigenvalue weighted by molar-refractivity contribution is 5.21. The van der Waals surface area contributed by atoms with Gasteiger partial charge in [-0.3, -0.25) is 9.88 Å². The lowest BCUT2D eigenvalue weighted by atomic mass is 10.1. The Labute approximate surface area is 79.6 Å². The van der Waals surface area contributed by atoms with Crippen molar-refractivity contribution in [3.63, 3.8) is 0 Å². The largest absolute Gasteiger partial charge is 0.299 e. The summed E-state index contributed by atoms with van der Waals surface area (Å²) >= 11 is 0. The average Bonchev–Trinajstić information content (AvgIpc) is 2.61. The van der Waals surface area contributed by atoms with Crippen molar-refractivity contribution < 1.29 is 0 Å². The molecule has 70 valence electrons. The van der Waals surface area contributed by atoms with E-state index in [2.05, 4.69) is 22.9 Å². The van der Waals surface area contributed by atoms with E-state index in [-0.39, 0.29) is 0 Å². The van der Waals surface area contributed by atoms with Crippen LogP contribution in [0.1, 0.15) is 24.0 Å². The van der Waals surface area contributed by atoms with Crippen LogP contribution in [-0.4, -0.2) is 23.0 Å². The predicted molar refractivity (Wildman–Crippen MR) is 53.5 cm³/mol. The summed E-state index contributed by atoms with van der Waals surface area (Å²) in [5.74, 6) is 0. The average molecular weight is 176 g/mol. The molecule has 0 N–H and O–H groups in total. The first kappa shape index (κ1) is 8.70. The minimum Gasteiger partial charge on any atom is -0.299 e. The Morgan fingerprint density at radius 3 is 2.85 bits per heavy atom. The quantitative estimate of drug-likeness (QED) is 0.685. The van der Waals surface area contributed by atoms with Gasteiger partial charge in [-0.15, -0.1) is 0 Å². The molecular weight excluding hydrogens is 160 g/mol. The van der Waals surface area contributed by atoms with Crippen LogP contribution >= 0.6 is 0 Å². The lowest BCUT2D eigenvalue weighted by Gasteiger charge is -2.15. The zero-order chi connectivity index (χ0) is 9.10. The number of pyridine rings is 1. The Balaban J connectivity index is 2.04. The van der Waals surface area contributed by atoms with Crippen molar-refractivity contribution in [1.82, 2.24) is 9.88 Å². The Bertz CT molecular complexity index is 277. The molecule has 1 aromatic rings. The van der Waals surface area contributed by atoms with Gasteiger partial charge in [-0.2, -0.15) is 0 Å². The van der Waals surface area contributed by atoms with E-state index >= 15 is 0 Å². The van der Waals surface area contributed by atoms with Crippen LogP contribution in [0.2, 0.25) is 0 Å². The van der Waals surface area contributed by atoms with E-state index in [1.54, 1.807) is 0 Å². The van der Waals surface area contributed by atoms with Crippen LogP contribution in [0.4, 0.5) is 0 Å². The van der Waals surface area contributed by atoms with Crippen LogP contribution in [0, 0.1) is 6.92 Å². The van der Waals surface area contributed by atoms with Gasteiger partial charge in [0.05, 0.1) is 0 Å². The van der Waals surface area contributed by atoms with Crippen molar-refractivity contribution in [2.75, 3.05) is 13.1 Å². The lowest BCUT2D eigenvalue weighted by molar-refractivity contribution is 0.330. The van der Waals surface area contributed by atoms with Gasteiger partial charge in [0.15, 0.2) is 0 Å². The number of hydrogen-bond acceptors (Lipinski definition) is 2. The van der Waals surface area contributed by atoms with Gasteiger partial charge in [0.2, 0.25) is 0 Å². The first-order valence-corrected chi connectivity index (χ1v) is 4.98. The third-order valence-electron chi connectivity index (χ3n) is 2.74. The van der Waals surface area contributed by atoms with Crippen LogP contribution in [-0.2, 0) is 6.54 Å². The maximum atomic E-state index is 4.16. The Morgan fingerprint density at radius 2 is 2.15 bits per heavy atom. The Morgan fingerprint density at radius 1 is 1.38 bits per heavy atom. The molecule has 0 unspecified atom stereocenters. The highest BCUT2D eigenvalue weighted by Gasteiger charge is 2.12. The molecule has 0 aliphatic carbocycles. The molecule has 1 aliphatic rings. The van der Waals surface area contributed by atoms with Gasteiger partial charge in [0.1, 0.15) is 0 Å². The lowest BCUT2D eigenvalue weighted by Crippen LogP contribution is -2.18. The van der Waals surface area contributed by atoms with Crippen molar-refractivity contribution in [1.29, 1.82) is 0 Å². The fourth-order valence-electron chi connectivity index (χ4n) is 1.84. The molecule has 1 aliphatic heterocycles. The van der Waals surface area contributed by atoms with Crippen molar-refractivity contribution >= 4 is 0 Å². The standard InChI is InChI=1S/C11H16N2/c1-10-4-5-12-8-11(10)9-13-6-2-3-7-13/h4-5,8H,2-3,6-7,9H2,1H3. The zero-order valence-electron chi connectivity index (χ0n) is 8.16. The van der Waals surface area contributed by atoms with E-state index < -0.39 is 0 Å². The molecule has 1 saturated heterocycles. The molecule has 0 spiro atoms. The van der Waals surface area contributed by atoms with Gasteiger partial charge in [-0.05, 0) is 50.0 Å². The number of hydrogen-bond donors (Lipinski definition) is 0. The molecule has 2 nitrogen and oxygen atoms in total. The van der Waals surface area contributed by atoms with E-state index in [1.165, 1.54) is 37.1 Å². The molecule has 13 heavy (non-hydrogen) atoms. The molecule has 2 rings (SSSR count). The summed E-state index contributed by atoms with van der Waals surface area (Å²) in [6.45, 7) is 5.76. The molecular formula is C11H16N2. The van der Waals surface area contributed by atoms with Crippen LogP contribution in [0.5, 0.6) is 0 Å². The molecule has 0 aromatic carbocycles. The van der Waals surface area contributed by atoms with Crippen LogP contribution in [0.25, 0.3) is 0 Å². The first-order chi connectivity index (χ1) is 6.36. The summed E-state index contributed by atoms with van der Waals surface area (Å²) in [7, 11) is 0. The molecule has 2 heterocycles. The van der Waals surface area contributed by atoms with E-state index in [9.17, 15) is 0 Å². The predicted octanol–water partition coefficient (Wildman–Crippen LogP) is 1.99. The number of aryl methyl sites for hydroxylation is 1. The van der Waals surface area contributed by atoms with Gasteiger partial charge in [-0.25, -0.2) is 0 Å². The zero-order valence-corrected chi connectivity index (χ0v) is 8.16. The Kier molecular flexibility index (Phi) is 2.60. The fraction of sp³-hybridized carbons (Fsp3) is 0.545. The third kappa shape index (κ3) is 2.07. The number of likely N-dealkylation sites (tertiary alicyclic amines) is 1. The molecule has 0 radical (unpaired) electrons. The SMILES string of the molecule is Cc1ccncc1CN1CCCC1. The van der Waals surface area contributed by atoms with Gasteiger partial charge in [0.25, 0.3) is 0 Å². The summed E-state index contributed by atoms with van der Waals surface area (Å²) in [4.78, 5) is 6.66. The molecule has 2 heteroatoms. The topological polar surface area (TPSA) is 16.1 Å². The second-order valence-electron chi connectivity index (χ2n) is 3.79. The van der Waals surface area contributed by atoms with E-state index in [1.807, 2.05) is 12.4 Å². The summed E-state index contributed by atoms with van der Waals surface area (Å²) < 4.78 is 0. The van der Waals surface area contributed by atoms with Gasteiger partial charge in [-0.1, -0.05) is 0 Å². The Hall–Kier alpha value is -0.890. The minimum atomic E-state index is 1.08. The summed E-state index contributed by atoms with van der Waals surface area (Å²) in [5.41, 5.74) is 2.74. The maximum absolute atomic E-state index is 4.16. The molecule has 0 amide bonds. The molecule has 1 aromatic heterocycles. The summed E-state index contributed by atoms with van der Waals surface area (Å²) in [6.07, 6.45) is 6.58. The fourth-order valence-corrected chi connectivity index (χ4v) is 1.84. The summed E-state index contributed by atoms with van der Waals surface area (Å²) in [6, 6.07) is 2.09. The first-order valence-electron chi connectivity index (χ1n) is 4.98. The second kappa shape index (κ2) is 3.88.